The predicted octanol–water partition coefficient (Wildman–Crippen LogP) is 2.82. The average molecular weight is 323 g/mol. The summed E-state index contributed by atoms with van der Waals surface area (Å²) in [6.45, 7) is 1.36. The van der Waals surface area contributed by atoms with Crippen LogP contribution in [0.1, 0.15) is 24.0 Å². The molecule has 24 heavy (non-hydrogen) atoms. The zero-order valence-corrected chi connectivity index (χ0v) is 13.5. The van der Waals surface area contributed by atoms with Crippen molar-refractivity contribution in [2.45, 2.75) is 32.4 Å². The van der Waals surface area contributed by atoms with Crippen molar-refractivity contribution >= 4 is 0 Å². The van der Waals surface area contributed by atoms with E-state index in [0.717, 1.165) is 30.5 Å². The highest BCUT2D eigenvalue weighted by atomic mass is 16.3. The number of aryl methyl sites for hydroxylation is 2. The molecule has 0 amide bonds. The molecule has 1 N–H and O–H groups in total. The molecule has 2 heterocycles. The van der Waals surface area contributed by atoms with Crippen molar-refractivity contribution in [1.29, 1.82) is 0 Å². The van der Waals surface area contributed by atoms with Crippen LogP contribution in [0.4, 0.5) is 0 Å². The summed E-state index contributed by atoms with van der Waals surface area (Å²) in [5.74, 6) is -0.129. The Morgan fingerprint density at radius 1 is 1.04 bits per heavy atom. The van der Waals surface area contributed by atoms with Crippen LogP contribution in [0.2, 0.25) is 0 Å². The van der Waals surface area contributed by atoms with Crippen molar-refractivity contribution in [2.24, 2.45) is 0 Å². The van der Waals surface area contributed by atoms with Crippen LogP contribution in [0.5, 0.6) is 5.75 Å². The first-order chi connectivity index (χ1) is 11.7. The number of aromatic hydroxyl groups is 1. The van der Waals surface area contributed by atoms with E-state index in [2.05, 4.69) is 4.98 Å². The zero-order valence-electron chi connectivity index (χ0n) is 13.5. The Morgan fingerprint density at radius 2 is 1.88 bits per heavy atom. The van der Waals surface area contributed by atoms with Crippen molar-refractivity contribution < 1.29 is 5.11 Å². The number of imidazole rings is 1. The zero-order chi connectivity index (χ0) is 16.8. The molecular formula is C19H21N3O2. The molecule has 0 aliphatic carbocycles. The molecule has 0 unspecified atom stereocenters. The Balaban J connectivity index is 1.61. The van der Waals surface area contributed by atoms with Gasteiger partial charge in [-0.25, -0.2) is 4.98 Å². The van der Waals surface area contributed by atoms with Crippen LogP contribution in [0.15, 0.2) is 66.1 Å². The van der Waals surface area contributed by atoms with Crippen LogP contribution in [0, 0.1) is 0 Å². The first kappa shape index (κ1) is 16.1. The number of benzene rings is 1. The third-order valence-corrected chi connectivity index (χ3v) is 4.09. The molecule has 5 nitrogen and oxygen atoms in total. The standard InChI is InChI=1S/C19H21N3O2/c23-18-17(8-4-5-11-21-13-10-20-15-21)9-12-22(19(18)24)14-16-6-2-1-3-7-16/h1-3,6-7,9-10,12-13,15,23H,4-5,8,11,14H2. The molecule has 0 spiro atoms. The van der Waals surface area contributed by atoms with Gasteiger partial charge in [-0.15, -0.1) is 0 Å². The van der Waals surface area contributed by atoms with E-state index in [9.17, 15) is 9.90 Å². The second-order valence-electron chi connectivity index (χ2n) is 5.87. The van der Waals surface area contributed by atoms with Gasteiger partial charge in [-0.2, -0.15) is 0 Å². The number of unbranched alkanes of at least 4 members (excludes halogenated alkanes) is 1. The third-order valence-electron chi connectivity index (χ3n) is 4.09. The first-order valence-corrected chi connectivity index (χ1v) is 8.15. The summed E-state index contributed by atoms with van der Waals surface area (Å²) in [7, 11) is 0. The lowest BCUT2D eigenvalue weighted by atomic mass is 10.1. The Kier molecular flexibility index (Phi) is 5.11. The van der Waals surface area contributed by atoms with Crippen molar-refractivity contribution in [3.05, 3.63) is 82.8 Å². The maximum atomic E-state index is 12.3. The van der Waals surface area contributed by atoms with E-state index < -0.39 is 0 Å². The lowest BCUT2D eigenvalue weighted by Crippen LogP contribution is -2.20. The van der Waals surface area contributed by atoms with E-state index in [1.54, 1.807) is 23.3 Å². The molecule has 0 aliphatic heterocycles. The largest absolute Gasteiger partial charge is 0.503 e. The summed E-state index contributed by atoms with van der Waals surface area (Å²) >= 11 is 0. The van der Waals surface area contributed by atoms with Gasteiger partial charge < -0.3 is 14.2 Å². The number of rotatable bonds is 7. The molecule has 124 valence electrons. The van der Waals surface area contributed by atoms with Crippen molar-refractivity contribution in [3.8, 4) is 5.75 Å². The molecule has 0 atom stereocenters. The molecule has 0 aliphatic rings. The van der Waals surface area contributed by atoms with Crippen LogP contribution in [-0.2, 0) is 19.5 Å². The smallest absolute Gasteiger partial charge is 0.293 e. The maximum absolute atomic E-state index is 12.3. The lowest BCUT2D eigenvalue weighted by molar-refractivity contribution is 0.449. The minimum atomic E-state index is -0.328. The summed E-state index contributed by atoms with van der Waals surface area (Å²) in [5.41, 5.74) is 1.42. The van der Waals surface area contributed by atoms with Crippen LogP contribution in [0.25, 0.3) is 0 Å². The highest BCUT2D eigenvalue weighted by Gasteiger charge is 2.09. The molecule has 3 rings (SSSR count). The highest BCUT2D eigenvalue weighted by Crippen LogP contribution is 2.15. The van der Waals surface area contributed by atoms with E-state index in [-0.39, 0.29) is 11.3 Å². The second kappa shape index (κ2) is 7.64. The van der Waals surface area contributed by atoms with Crippen molar-refractivity contribution in [3.63, 3.8) is 0 Å². The third kappa shape index (κ3) is 3.93. The topological polar surface area (TPSA) is 60.0 Å². The molecule has 0 radical (unpaired) electrons. The molecule has 0 bridgehead atoms. The van der Waals surface area contributed by atoms with Gasteiger partial charge in [-0.3, -0.25) is 4.79 Å². The summed E-state index contributed by atoms with van der Waals surface area (Å²) < 4.78 is 3.57. The molecule has 1 aromatic carbocycles. The fourth-order valence-corrected chi connectivity index (χ4v) is 2.74. The van der Waals surface area contributed by atoms with E-state index in [4.69, 9.17) is 0 Å². The van der Waals surface area contributed by atoms with Crippen molar-refractivity contribution in [2.75, 3.05) is 0 Å². The van der Waals surface area contributed by atoms with Crippen LogP contribution < -0.4 is 5.56 Å². The van der Waals surface area contributed by atoms with Gasteiger partial charge in [0, 0.05) is 30.7 Å². The molecule has 3 aromatic rings. The molecule has 0 saturated heterocycles. The van der Waals surface area contributed by atoms with Gasteiger partial charge in [0.05, 0.1) is 12.9 Å². The Morgan fingerprint density at radius 3 is 2.62 bits per heavy atom. The highest BCUT2D eigenvalue weighted by molar-refractivity contribution is 5.29. The number of hydrogen-bond acceptors (Lipinski definition) is 3. The summed E-state index contributed by atoms with van der Waals surface area (Å²) in [6.07, 6.45) is 9.83. The Hall–Kier alpha value is -2.82. The number of hydrogen-bond donors (Lipinski definition) is 1. The molecule has 0 fully saturated rings. The molecule has 2 aromatic heterocycles. The average Bonchev–Trinajstić information content (AvgIpc) is 3.12. The normalized spacial score (nSPS) is 10.8. The summed E-state index contributed by atoms with van der Waals surface area (Å²) in [5, 5.41) is 10.2. The van der Waals surface area contributed by atoms with Gasteiger partial charge in [-0.1, -0.05) is 30.3 Å². The quantitative estimate of drug-likeness (QED) is 0.680. The van der Waals surface area contributed by atoms with Crippen LogP contribution in [-0.4, -0.2) is 19.2 Å². The fraction of sp³-hybridized carbons (Fsp3) is 0.263. The SMILES string of the molecule is O=c1c(O)c(CCCCn2ccnc2)ccn1Cc1ccccc1. The monoisotopic (exact) mass is 323 g/mol. The molecular weight excluding hydrogens is 302 g/mol. The Labute approximate surface area is 140 Å². The molecule has 0 saturated carbocycles. The number of pyridine rings is 1. The minimum absolute atomic E-state index is 0.129. The lowest BCUT2D eigenvalue weighted by Gasteiger charge is -2.10. The van der Waals surface area contributed by atoms with Crippen molar-refractivity contribution in [1.82, 2.24) is 14.1 Å². The Bertz CT molecular complexity index is 824. The number of nitrogens with zero attached hydrogens (tertiary/aromatic N) is 3. The van der Waals surface area contributed by atoms with E-state index in [1.165, 1.54) is 0 Å². The van der Waals surface area contributed by atoms with E-state index in [0.29, 0.717) is 13.0 Å². The van der Waals surface area contributed by atoms with Gasteiger partial charge in [0.15, 0.2) is 5.75 Å². The van der Waals surface area contributed by atoms with E-state index >= 15 is 0 Å². The molecule has 5 heteroatoms. The summed E-state index contributed by atoms with van der Waals surface area (Å²) in [6, 6.07) is 11.6. The fourth-order valence-electron chi connectivity index (χ4n) is 2.74. The van der Waals surface area contributed by atoms with Gasteiger partial charge in [0.25, 0.3) is 5.56 Å². The van der Waals surface area contributed by atoms with Gasteiger partial charge >= 0.3 is 0 Å². The van der Waals surface area contributed by atoms with Crippen LogP contribution >= 0.6 is 0 Å². The first-order valence-electron chi connectivity index (χ1n) is 8.15. The van der Waals surface area contributed by atoms with Gasteiger partial charge in [0.2, 0.25) is 0 Å². The second-order valence-corrected chi connectivity index (χ2v) is 5.87. The predicted molar refractivity (Wildman–Crippen MR) is 93.1 cm³/mol. The minimum Gasteiger partial charge on any atom is -0.503 e. The summed E-state index contributed by atoms with van der Waals surface area (Å²) in [4.78, 5) is 16.3. The van der Waals surface area contributed by atoms with Gasteiger partial charge in [-0.05, 0) is 30.9 Å². The van der Waals surface area contributed by atoms with E-state index in [1.807, 2.05) is 47.2 Å². The van der Waals surface area contributed by atoms with Gasteiger partial charge in [0.1, 0.15) is 0 Å². The van der Waals surface area contributed by atoms with Crippen LogP contribution in [0.3, 0.4) is 0 Å². The number of aromatic nitrogens is 3. The maximum Gasteiger partial charge on any atom is 0.293 e.